The smallest absolute Gasteiger partial charge is 0.252 e. The van der Waals surface area contributed by atoms with E-state index in [-0.39, 0.29) is 5.91 Å². The first-order chi connectivity index (χ1) is 12.4. The first kappa shape index (κ1) is 19.5. The predicted molar refractivity (Wildman–Crippen MR) is 111 cm³/mol. The summed E-state index contributed by atoms with van der Waals surface area (Å²) < 4.78 is 0. The topological polar surface area (TPSA) is 29.1 Å². The molecular weight excluding hydrogens is 318 g/mol. The van der Waals surface area contributed by atoms with Gasteiger partial charge < -0.3 is 5.32 Å². The molecule has 26 heavy (non-hydrogen) atoms. The van der Waals surface area contributed by atoms with Gasteiger partial charge in [0.2, 0.25) is 0 Å². The molecule has 0 spiro atoms. The van der Waals surface area contributed by atoms with Crippen LogP contribution in [-0.2, 0) is 10.3 Å². The van der Waals surface area contributed by atoms with E-state index in [1.807, 2.05) is 51.2 Å². The van der Waals surface area contributed by atoms with Crippen molar-refractivity contribution in [2.24, 2.45) is 0 Å². The van der Waals surface area contributed by atoms with Crippen molar-refractivity contribution >= 4 is 5.91 Å². The standard InChI is InChI=1S/C24H27NO/c1-7-10-22-21(9-3)23(26)25-24(22,19(6)14-11-17(4)8-2)20-15-12-18(5)13-16-20/h7-16H,1-2H2,3-6H3,(H,25,26)/b17-11-,19-14+,21-9+,22-10+. The Morgan fingerprint density at radius 1 is 1.12 bits per heavy atom. The molecule has 1 aliphatic rings. The monoisotopic (exact) mass is 345 g/mol. The van der Waals surface area contributed by atoms with E-state index >= 15 is 0 Å². The van der Waals surface area contributed by atoms with Crippen molar-refractivity contribution in [2.45, 2.75) is 33.2 Å². The Morgan fingerprint density at radius 2 is 1.77 bits per heavy atom. The average molecular weight is 345 g/mol. The van der Waals surface area contributed by atoms with Gasteiger partial charge in [-0.2, -0.15) is 0 Å². The highest BCUT2D eigenvalue weighted by atomic mass is 16.2. The number of nitrogens with one attached hydrogen (secondary N) is 1. The molecule has 1 aromatic carbocycles. The molecule has 2 heteroatoms. The molecule has 1 amide bonds. The zero-order valence-corrected chi connectivity index (χ0v) is 16.1. The molecule has 134 valence electrons. The Kier molecular flexibility index (Phi) is 5.99. The predicted octanol–water partition coefficient (Wildman–Crippen LogP) is 5.46. The largest absolute Gasteiger partial charge is 0.335 e. The maximum Gasteiger partial charge on any atom is 0.252 e. The lowest BCUT2D eigenvalue weighted by Crippen LogP contribution is -2.41. The second kappa shape index (κ2) is 8.01. The van der Waals surface area contributed by atoms with Gasteiger partial charge in [0, 0.05) is 5.57 Å². The van der Waals surface area contributed by atoms with Crippen LogP contribution in [0.3, 0.4) is 0 Å². The van der Waals surface area contributed by atoms with Crippen LogP contribution in [0.15, 0.2) is 96.2 Å². The van der Waals surface area contributed by atoms with E-state index in [2.05, 4.69) is 49.7 Å². The van der Waals surface area contributed by atoms with Crippen LogP contribution in [0.1, 0.15) is 31.9 Å². The summed E-state index contributed by atoms with van der Waals surface area (Å²) in [6.45, 7) is 15.6. The Bertz CT molecular complexity index is 847. The third-order valence-electron chi connectivity index (χ3n) is 4.81. The van der Waals surface area contributed by atoms with Gasteiger partial charge in [0.25, 0.3) is 5.91 Å². The molecule has 1 unspecified atom stereocenters. The lowest BCUT2D eigenvalue weighted by atomic mass is 9.76. The molecule has 1 fully saturated rings. The van der Waals surface area contributed by atoms with E-state index in [0.717, 1.165) is 22.3 Å². The third kappa shape index (κ3) is 3.41. The highest BCUT2D eigenvalue weighted by Crippen LogP contribution is 2.45. The summed E-state index contributed by atoms with van der Waals surface area (Å²) in [6, 6.07) is 8.29. The Balaban J connectivity index is 2.80. The highest BCUT2D eigenvalue weighted by molar-refractivity contribution is 6.04. The second-order valence-corrected chi connectivity index (χ2v) is 6.55. The molecule has 0 saturated carbocycles. The Hall–Kier alpha value is -2.87. The Morgan fingerprint density at radius 3 is 2.31 bits per heavy atom. The van der Waals surface area contributed by atoms with Gasteiger partial charge >= 0.3 is 0 Å². The van der Waals surface area contributed by atoms with Gasteiger partial charge in [0.1, 0.15) is 5.54 Å². The zero-order valence-electron chi connectivity index (χ0n) is 16.1. The molecule has 0 radical (unpaired) electrons. The zero-order chi connectivity index (χ0) is 19.3. The van der Waals surface area contributed by atoms with Gasteiger partial charge in [-0.15, -0.1) is 0 Å². The van der Waals surface area contributed by atoms with E-state index in [4.69, 9.17) is 0 Å². The summed E-state index contributed by atoms with van der Waals surface area (Å²) >= 11 is 0. The lowest BCUT2D eigenvalue weighted by molar-refractivity contribution is -0.117. The number of benzene rings is 1. The molecule has 2 rings (SSSR count). The minimum Gasteiger partial charge on any atom is -0.335 e. The number of hydrogen-bond donors (Lipinski definition) is 1. The molecule has 1 N–H and O–H groups in total. The molecule has 0 bridgehead atoms. The molecule has 1 aromatic rings. The van der Waals surface area contributed by atoms with Crippen molar-refractivity contribution < 1.29 is 4.79 Å². The Labute approximate surface area is 157 Å². The SMILES string of the molecule is C=C/C=C1\C(=C/C)C(=O)NC1(/C(C)=C/C=C(/C)C=C)c1ccc(C)cc1. The normalized spacial score (nSPS) is 24.1. The van der Waals surface area contributed by atoms with E-state index < -0.39 is 5.54 Å². The van der Waals surface area contributed by atoms with Crippen LogP contribution in [0.2, 0.25) is 0 Å². The van der Waals surface area contributed by atoms with Gasteiger partial charge in [-0.25, -0.2) is 0 Å². The molecule has 0 aliphatic carbocycles. The number of hydrogen-bond acceptors (Lipinski definition) is 1. The average Bonchev–Trinajstić information content (AvgIpc) is 2.92. The number of carbonyl (C=O) groups is 1. The van der Waals surface area contributed by atoms with Crippen LogP contribution in [0.4, 0.5) is 0 Å². The van der Waals surface area contributed by atoms with Crippen LogP contribution in [0, 0.1) is 6.92 Å². The fourth-order valence-electron chi connectivity index (χ4n) is 3.27. The number of allylic oxidation sites excluding steroid dienone is 7. The summed E-state index contributed by atoms with van der Waals surface area (Å²) in [5.41, 5.74) is 5.19. The van der Waals surface area contributed by atoms with Crippen LogP contribution in [-0.4, -0.2) is 5.91 Å². The molecular formula is C24H27NO. The van der Waals surface area contributed by atoms with Gasteiger partial charge in [-0.3, -0.25) is 4.79 Å². The van der Waals surface area contributed by atoms with Crippen molar-refractivity contribution in [1.29, 1.82) is 0 Å². The van der Waals surface area contributed by atoms with E-state index in [1.165, 1.54) is 5.56 Å². The summed E-state index contributed by atoms with van der Waals surface area (Å²) in [5.74, 6) is -0.0710. The quantitative estimate of drug-likeness (QED) is 0.557. The molecule has 1 saturated heterocycles. The molecule has 1 atom stereocenters. The van der Waals surface area contributed by atoms with E-state index in [1.54, 1.807) is 6.08 Å². The fourth-order valence-corrected chi connectivity index (χ4v) is 3.27. The molecule has 1 aliphatic heterocycles. The summed E-state index contributed by atoms with van der Waals surface area (Å²) in [4.78, 5) is 12.7. The van der Waals surface area contributed by atoms with Crippen LogP contribution >= 0.6 is 0 Å². The number of aryl methyl sites for hydroxylation is 1. The van der Waals surface area contributed by atoms with E-state index in [0.29, 0.717) is 5.57 Å². The van der Waals surface area contributed by atoms with Crippen molar-refractivity contribution in [3.05, 3.63) is 107 Å². The van der Waals surface area contributed by atoms with Crippen LogP contribution in [0.5, 0.6) is 0 Å². The number of amides is 1. The molecule has 1 heterocycles. The van der Waals surface area contributed by atoms with Crippen molar-refractivity contribution in [1.82, 2.24) is 5.32 Å². The second-order valence-electron chi connectivity index (χ2n) is 6.55. The van der Waals surface area contributed by atoms with Gasteiger partial charge in [0.05, 0.1) is 0 Å². The number of carbonyl (C=O) groups excluding carboxylic acids is 1. The van der Waals surface area contributed by atoms with Crippen LogP contribution < -0.4 is 5.32 Å². The minimum absolute atomic E-state index is 0.0710. The number of rotatable bonds is 5. The van der Waals surface area contributed by atoms with E-state index in [9.17, 15) is 4.79 Å². The summed E-state index contributed by atoms with van der Waals surface area (Å²) in [7, 11) is 0. The highest BCUT2D eigenvalue weighted by Gasteiger charge is 2.47. The van der Waals surface area contributed by atoms with Crippen molar-refractivity contribution in [3.63, 3.8) is 0 Å². The minimum atomic E-state index is -0.710. The van der Waals surface area contributed by atoms with Crippen molar-refractivity contribution in [3.8, 4) is 0 Å². The van der Waals surface area contributed by atoms with Crippen LogP contribution in [0.25, 0.3) is 0 Å². The first-order valence-corrected chi connectivity index (χ1v) is 8.78. The summed E-state index contributed by atoms with van der Waals surface area (Å²) in [6.07, 6.45) is 11.4. The van der Waals surface area contributed by atoms with Gasteiger partial charge in [0.15, 0.2) is 0 Å². The van der Waals surface area contributed by atoms with Gasteiger partial charge in [-0.1, -0.05) is 85.0 Å². The fraction of sp³-hybridized carbons (Fsp3) is 0.208. The van der Waals surface area contributed by atoms with Crippen molar-refractivity contribution in [2.75, 3.05) is 0 Å². The first-order valence-electron chi connectivity index (χ1n) is 8.78. The van der Waals surface area contributed by atoms with Gasteiger partial charge in [-0.05, 0) is 44.4 Å². The third-order valence-corrected chi connectivity index (χ3v) is 4.81. The molecule has 2 nitrogen and oxygen atoms in total. The maximum absolute atomic E-state index is 12.7. The lowest BCUT2D eigenvalue weighted by Gasteiger charge is -2.33. The molecule has 0 aromatic heterocycles. The maximum atomic E-state index is 12.7. The summed E-state index contributed by atoms with van der Waals surface area (Å²) in [5, 5.41) is 3.23.